The van der Waals surface area contributed by atoms with Crippen LogP contribution in [0.2, 0.25) is 0 Å². The van der Waals surface area contributed by atoms with Crippen LogP contribution in [0.3, 0.4) is 0 Å². The Balaban J connectivity index is 2.24. The Kier molecular flexibility index (Phi) is 3.00. The minimum absolute atomic E-state index is 0.0497. The van der Waals surface area contributed by atoms with Crippen LogP contribution in [0.15, 0.2) is 23.4 Å². The number of hydrogen-bond donors (Lipinski definition) is 0. The van der Waals surface area contributed by atoms with E-state index in [0.29, 0.717) is 23.0 Å². The van der Waals surface area contributed by atoms with E-state index in [2.05, 4.69) is 21.1 Å². The molecular formula is C10H8BrF2NO. The summed E-state index contributed by atoms with van der Waals surface area (Å²) in [6.07, 6.45) is 0.514. The molecule has 0 amide bonds. The number of rotatable bonds is 2. The molecule has 5 heteroatoms. The summed E-state index contributed by atoms with van der Waals surface area (Å²) in [4.78, 5) is 5.05. The van der Waals surface area contributed by atoms with E-state index < -0.39 is 11.6 Å². The Morgan fingerprint density at radius 1 is 1.33 bits per heavy atom. The fraction of sp³-hybridized carbons (Fsp3) is 0.300. The average molecular weight is 276 g/mol. The average Bonchev–Trinajstić information content (AvgIpc) is 2.64. The molecule has 0 saturated carbocycles. The molecule has 0 N–H and O–H groups in total. The van der Waals surface area contributed by atoms with Gasteiger partial charge in [0.25, 0.3) is 0 Å². The Labute approximate surface area is 94.0 Å². The number of halogens is 3. The molecule has 1 aliphatic heterocycles. The first kappa shape index (κ1) is 10.5. The van der Waals surface area contributed by atoms with Crippen LogP contribution in [0.25, 0.3) is 0 Å². The monoisotopic (exact) mass is 275 g/mol. The van der Waals surface area contributed by atoms with Crippen molar-refractivity contribution in [2.75, 3.05) is 5.33 Å². The van der Waals surface area contributed by atoms with E-state index in [-0.39, 0.29) is 6.10 Å². The summed E-state index contributed by atoms with van der Waals surface area (Å²) in [7, 11) is 0. The van der Waals surface area contributed by atoms with Gasteiger partial charge >= 0.3 is 0 Å². The highest BCUT2D eigenvalue weighted by molar-refractivity contribution is 9.09. The molecule has 2 rings (SSSR count). The molecule has 0 saturated heterocycles. The minimum atomic E-state index is -0.602. The van der Waals surface area contributed by atoms with E-state index in [0.717, 1.165) is 6.07 Å². The van der Waals surface area contributed by atoms with E-state index in [1.54, 1.807) is 0 Å². The number of hydrogen-bond acceptors (Lipinski definition) is 2. The van der Waals surface area contributed by atoms with Gasteiger partial charge in [0.1, 0.15) is 17.7 Å². The van der Waals surface area contributed by atoms with Gasteiger partial charge in [0, 0.05) is 23.4 Å². The number of oxime groups is 1. The molecule has 1 aromatic rings. The molecule has 0 bridgehead atoms. The molecule has 1 atom stereocenters. The van der Waals surface area contributed by atoms with Gasteiger partial charge in [-0.3, -0.25) is 0 Å². The van der Waals surface area contributed by atoms with Gasteiger partial charge < -0.3 is 4.84 Å². The lowest BCUT2D eigenvalue weighted by molar-refractivity contribution is 0.104. The Hall–Kier alpha value is -0.970. The molecule has 0 spiro atoms. The van der Waals surface area contributed by atoms with Crippen LogP contribution in [0.1, 0.15) is 12.0 Å². The number of nitrogens with zero attached hydrogens (tertiary/aromatic N) is 1. The van der Waals surface area contributed by atoms with E-state index >= 15 is 0 Å². The first-order valence-electron chi connectivity index (χ1n) is 4.44. The largest absolute Gasteiger partial charge is 0.391 e. The van der Waals surface area contributed by atoms with Crippen LogP contribution in [-0.4, -0.2) is 17.1 Å². The summed E-state index contributed by atoms with van der Waals surface area (Å²) in [5.41, 5.74) is 1.02. The van der Waals surface area contributed by atoms with Crippen molar-refractivity contribution in [1.82, 2.24) is 0 Å². The second-order valence-corrected chi connectivity index (χ2v) is 3.93. The molecule has 2 nitrogen and oxygen atoms in total. The van der Waals surface area contributed by atoms with Crippen molar-refractivity contribution in [1.29, 1.82) is 0 Å². The highest BCUT2D eigenvalue weighted by Crippen LogP contribution is 2.19. The van der Waals surface area contributed by atoms with Gasteiger partial charge in [-0.2, -0.15) is 0 Å². The smallest absolute Gasteiger partial charge is 0.142 e. The minimum Gasteiger partial charge on any atom is -0.391 e. The van der Waals surface area contributed by atoms with Crippen molar-refractivity contribution in [3.05, 3.63) is 35.4 Å². The summed E-state index contributed by atoms with van der Waals surface area (Å²) in [6, 6.07) is 3.34. The molecule has 1 aromatic carbocycles. The van der Waals surface area contributed by atoms with Gasteiger partial charge in [-0.15, -0.1) is 0 Å². The molecule has 1 aliphatic rings. The third kappa shape index (κ3) is 2.34. The van der Waals surface area contributed by atoms with Crippen molar-refractivity contribution in [2.45, 2.75) is 12.5 Å². The summed E-state index contributed by atoms with van der Waals surface area (Å²) in [5.74, 6) is -1.20. The van der Waals surface area contributed by atoms with Crippen LogP contribution in [0, 0.1) is 11.6 Å². The lowest BCUT2D eigenvalue weighted by Crippen LogP contribution is -2.09. The first-order chi connectivity index (χ1) is 7.19. The maximum absolute atomic E-state index is 12.9. The van der Waals surface area contributed by atoms with Gasteiger partial charge in [-0.05, 0) is 12.1 Å². The van der Waals surface area contributed by atoms with E-state index in [4.69, 9.17) is 4.84 Å². The number of benzene rings is 1. The molecule has 0 fully saturated rings. The maximum Gasteiger partial charge on any atom is 0.142 e. The molecular weight excluding hydrogens is 268 g/mol. The topological polar surface area (TPSA) is 21.6 Å². The standard InChI is InChI=1S/C10H8BrF2NO/c11-5-9-4-10(14-15-9)6-1-7(12)3-8(13)2-6/h1-3,9H,4-5H2/t9-/m0/s1. The SMILES string of the molecule is Fc1cc(F)cc(C2=NO[C@H](CBr)C2)c1. The maximum atomic E-state index is 12.9. The molecule has 0 radical (unpaired) electrons. The second kappa shape index (κ2) is 4.26. The highest BCUT2D eigenvalue weighted by Gasteiger charge is 2.21. The van der Waals surface area contributed by atoms with E-state index in [1.807, 2.05) is 0 Å². The Bertz CT molecular complexity index is 388. The third-order valence-corrected chi connectivity index (χ3v) is 2.82. The fourth-order valence-electron chi connectivity index (χ4n) is 1.40. The van der Waals surface area contributed by atoms with Crippen molar-refractivity contribution >= 4 is 21.6 Å². The van der Waals surface area contributed by atoms with Crippen LogP contribution in [0.5, 0.6) is 0 Å². The highest BCUT2D eigenvalue weighted by atomic mass is 79.9. The van der Waals surface area contributed by atoms with Crippen molar-refractivity contribution < 1.29 is 13.6 Å². The quantitative estimate of drug-likeness (QED) is 0.761. The lowest BCUT2D eigenvalue weighted by atomic mass is 10.1. The zero-order valence-corrected chi connectivity index (χ0v) is 9.30. The lowest BCUT2D eigenvalue weighted by Gasteiger charge is -2.01. The predicted octanol–water partition coefficient (Wildman–Crippen LogP) is 2.85. The molecule has 0 aliphatic carbocycles. The van der Waals surface area contributed by atoms with Gasteiger partial charge in [0.2, 0.25) is 0 Å². The van der Waals surface area contributed by atoms with Crippen LogP contribution < -0.4 is 0 Å². The number of alkyl halides is 1. The molecule has 1 heterocycles. The van der Waals surface area contributed by atoms with Gasteiger partial charge in [-0.1, -0.05) is 21.1 Å². The molecule has 80 valence electrons. The van der Waals surface area contributed by atoms with Crippen LogP contribution in [0.4, 0.5) is 8.78 Å². The van der Waals surface area contributed by atoms with E-state index in [1.165, 1.54) is 12.1 Å². The third-order valence-electron chi connectivity index (χ3n) is 2.10. The first-order valence-corrected chi connectivity index (χ1v) is 5.56. The zero-order valence-electron chi connectivity index (χ0n) is 7.71. The van der Waals surface area contributed by atoms with Crippen molar-refractivity contribution in [3.8, 4) is 0 Å². The van der Waals surface area contributed by atoms with Crippen molar-refractivity contribution in [3.63, 3.8) is 0 Å². The summed E-state index contributed by atoms with van der Waals surface area (Å²) in [5, 5.41) is 4.44. The summed E-state index contributed by atoms with van der Waals surface area (Å²) >= 11 is 3.26. The van der Waals surface area contributed by atoms with Gasteiger partial charge in [0.15, 0.2) is 0 Å². The summed E-state index contributed by atoms with van der Waals surface area (Å²) in [6.45, 7) is 0. The van der Waals surface area contributed by atoms with Gasteiger partial charge in [-0.25, -0.2) is 8.78 Å². The fourth-order valence-corrected chi connectivity index (χ4v) is 1.75. The molecule has 0 aromatic heterocycles. The molecule has 0 unspecified atom stereocenters. The summed E-state index contributed by atoms with van der Waals surface area (Å²) < 4.78 is 25.8. The Morgan fingerprint density at radius 2 is 2.00 bits per heavy atom. The predicted molar refractivity (Wildman–Crippen MR) is 56.2 cm³/mol. The second-order valence-electron chi connectivity index (χ2n) is 3.28. The van der Waals surface area contributed by atoms with Crippen LogP contribution >= 0.6 is 15.9 Å². The van der Waals surface area contributed by atoms with Crippen LogP contribution in [-0.2, 0) is 4.84 Å². The zero-order chi connectivity index (χ0) is 10.8. The van der Waals surface area contributed by atoms with Gasteiger partial charge in [0.05, 0.1) is 5.71 Å². The van der Waals surface area contributed by atoms with E-state index in [9.17, 15) is 8.78 Å². The van der Waals surface area contributed by atoms with Crippen molar-refractivity contribution in [2.24, 2.45) is 5.16 Å². The normalized spacial score (nSPS) is 19.9. The molecule has 15 heavy (non-hydrogen) atoms. The Morgan fingerprint density at radius 3 is 2.53 bits per heavy atom.